The van der Waals surface area contributed by atoms with E-state index in [1.165, 1.54) is 18.5 Å². The van der Waals surface area contributed by atoms with E-state index in [-0.39, 0.29) is 0 Å². The van der Waals surface area contributed by atoms with Crippen molar-refractivity contribution in [1.82, 2.24) is 0 Å². The van der Waals surface area contributed by atoms with E-state index >= 15 is 0 Å². The second kappa shape index (κ2) is 6.37. The van der Waals surface area contributed by atoms with Gasteiger partial charge in [-0.25, -0.2) is 0 Å². The van der Waals surface area contributed by atoms with Gasteiger partial charge in [-0.3, -0.25) is 0 Å². The van der Waals surface area contributed by atoms with Gasteiger partial charge < -0.3 is 0 Å². The lowest BCUT2D eigenvalue weighted by Crippen LogP contribution is -2.05. The Morgan fingerprint density at radius 1 is 1.56 bits per heavy atom. The van der Waals surface area contributed by atoms with Crippen LogP contribution in [-0.4, -0.2) is 14.7 Å². The van der Waals surface area contributed by atoms with E-state index in [9.17, 15) is 0 Å². The van der Waals surface area contributed by atoms with Crippen molar-refractivity contribution in [3.05, 3.63) is 12.7 Å². The molecule has 0 bridgehead atoms. The van der Waals surface area contributed by atoms with Crippen molar-refractivity contribution >= 4 is 20.4 Å². The fourth-order valence-corrected chi connectivity index (χ4v) is 3.32. The van der Waals surface area contributed by atoms with Crippen LogP contribution in [0.2, 0.25) is 18.6 Å². The Morgan fingerprint density at radius 2 is 2.22 bits per heavy atom. The molecule has 0 amide bonds. The van der Waals surface area contributed by atoms with Gasteiger partial charge in [-0.1, -0.05) is 18.7 Å². The molecule has 9 heavy (non-hydrogen) atoms. The summed E-state index contributed by atoms with van der Waals surface area (Å²) in [6.45, 7) is 6.05. The molecule has 0 aromatic rings. The first kappa shape index (κ1) is 9.25. The molecule has 0 spiro atoms. The Kier molecular flexibility index (Phi) is 6.54. The zero-order valence-corrected chi connectivity index (χ0v) is 7.98. The molecular weight excluding hydrogens is 148 g/mol. The SMILES string of the molecule is C=CCC[SiH](C)CCCl. The monoisotopic (exact) mass is 162 g/mol. The predicted octanol–water partition coefficient (Wildman–Crippen LogP) is 2.66. The second-order valence-corrected chi connectivity index (χ2v) is 6.19. The topological polar surface area (TPSA) is 0 Å². The third-order valence-corrected chi connectivity index (χ3v) is 4.64. The van der Waals surface area contributed by atoms with Crippen LogP contribution in [0.25, 0.3) is 0 Å². The molecule has 1 unspecified atom stereocenters. The van der Waals surface area contributed by atoms with Crippen molar-refractivity contribution in [2.45, 2.75) is 25.1 Å². The summed E-state index contributed by atoms with van der Waals surface area (Å²) in [5, 5.41) is 0. The minimum atomic E-state index is -0.423. The first-order valence-corrected chi connectivity index (χ1v) is 6.80. The highest BCUT2D eigenvalue weighted by atomic mass is 35.5. The highest BCUT2D eigenvalue weighted by Crippen LogP contribution is 2.03. The smallest absolute Gasteiger partial charge is 0.0351 e. The highest BCUT2D eigenvalue weighted by molar-refractivity contribution is 6.58. The lowest BCUT2D eigenvalue weighted by atomic mass is 10.5. The van der Waals surface area contributed by atoms with Crippen molar-refractivity contribution in [2.24, 2.45) is 0 Å². The molecule has 0 saturated heterocycles. The van der Waals surface area contributed by atoms with E-state index in [0.29, 0.717) is 0 Å². The van der Waals surface area contributed by atoms with Gasteiger partial charge in [0.05, 0.1) is 0 Å². The minimum absolute atomic E-state index is 0.423. The fraction of sp³-hybridized carbons (Fsp3) is 0.714. The maximum absolute atomic E-state index is 5.58. The Labute approximate surface area is 64.5 Å². The van der Waals surface area contributed by atoms with Crippen LogP contribution >= 0.6 is 11.6 Å². The molecule has 0 nitrogen and oxygen atoms in total. The Bertz CT molecular complexity index is 73.3. The van der Waals surface area contributed by atoms with Crippen LogP contribution < -0.4 is 0 Å². The van der Waals surface area contributed by atoms with Crippen LogP contribution in [0.5, 0.6) is 0 Å². The highest BCUT2D eigenvalue weighted by Gasteiger charge is 1.99. The molecular formula is C7H15ClSi. The molecule has 0 aliphatic heterocycles. The average Bonchev–Trinajstić information content (AvgIpc) is 1.85. The fourth-order valence-electron chi connectivity index (χ4n) is 0.733. The number of alkyl halides is 1. The van der Waals surface area contributed by atoms with Crippen LogP contribution in [-0.2, 0) is 0 Å². The van der Waals surface area contributed by atoms with E-state index in [2.05, 4.69) is 13.1 Å². The van der Waals surface area contributed by atoms with Gasteiger partial charge in [0.1, 0.15) is 0 Å². The molecule has 0 N–H and O–H groups in total. The standard InChI is InChI=1S/C7H15ClSi/c1-3-4-6-9(2)7-5-8/h3,9H,1,4-7H2,2H3. The van der Waals surface area contributed by atoms with Crippen LogP contribution in [0.3, 0.4) is 0 Å². The summed E-state index contributed by atoms with van der Waals surface area (Å²) in [4.78, 5) is 0. The number of halogens is 1. The van der Waals surface area contributed by atoms with Crippen molar-refractivity contribution in [1.29, 1.82) is 0 Å². The molecule has 0 aromatic heterocycles. The van der Waals surface area contributed by atoms with Gasteiger partial charge in [-0.05, 0) is 12.5 Å². The largest absolute Gasteiger partial charge is 0.127 e. The van der Waals surface area contributed by atoms with Crippen LogP contribution in [0.4, 0.5) is 0 Å². The Balaban J connectivity index is 3.04. The van der Waals surface area contributed by atoms with Gasteiger partial charge in [0.2, 0.25) is 0 Å². The number of hydrogen-bond acceptors (Lipinski definition) is 0. The molecule has 0 aliphatic carbocycles. The normalized spacial score (nSPS) is 13.1. The molecule has 2 heteroatoms. The molecule has 0 aliphatic rings. The Hall–Kier alpha value is 0.247. The summed E-state index contributed by atoms with van der Waals surface area (Å²) in [6.07, 6.45) is 3.18. The van der Waals surface area contributed by atoms with Crippen LogP contribution in [0, 0.1) is 0 Å². The van der Waals surface area contributed by atoms with Crippen molar-refractivity contribution in [3.63, 3.8) is 0 Å². The van der Waals surface area contributed by atoms with E-state index in [1.807, 2.05) is 6.08 Å². The van der Waals surface area contributed by atoms with E-state index in [4.69, 9.17) is 11.6 Å². The maximum atomic E-state index is 5.58. The molecule has 0 rings (SSSR count). The second-order valence-electron chi connectivity index (χ2n) is 2.45. The molecule has 0 aromatic carbocycles. The van der Waals surface area contributed by atoms with Crippen LogP contribution in [0.15, 0.2) is 12.7 Å². The molecule has 1 atom stereocenters. The first-order valence-electron chi connectivity index (χ1n) is 3.48. The molecule has 0 heterocycles. The zero-order chi connectivity index (χ0) is 7.11. The van der Waals surface area contributed by atoms with E-state index < -0.39 is 8.80 Å². The van der Waals surface area contributed by atoms with Crippen molar-refractivity contribution in [2.75, 3.05) is 5.88 Å². The third kappa shape index (κ3) is 6.13. The predicted molar refractivity (Wildman–Crippen MR) is 48.2 cm³/mol. The van der Waals surface area contributed by atoms with Crippen molar-refractivity contribution < 1.29 is 0 Å². The molecule has 0 fully saturated rings. The lowest BCUT2D eigenvalue weighted by Gasteiger charge is -2.03. The average molecular weight is 163 g/mol. The summed E-state index contributed by atoms with van der Waals surface area (Å²) in [5.41, 5.74) is 0. The number of hydrogen-bond donors (Lipinski definition) is 0. The summed E-state index contributed by atoms with van der Waals surface area (Å²) >= 11 is 5.58. The van der Waals surface area contributed by atoms with Crippen LogP contribution in [0.1, 0.15) is 6.42 Å². The quantitative estimate of drug-likeness (QED) is 0.331. The summed E-state index contributed by atoms with van der Waals surface area (Å²) in [6, 6.07) is 2.64. The minimum Gasteiger partial charge on any atom is -0.127 e. The Morgan fingerprint density at radius 3 is 2.67 bits per heavy atom. The van der Waals surface area contributed by atoms with Crippen molar-refractivity contribution in [3.8, 4) is 0 Å². The van der Waals surface area contributed by atoms with Gasteiger partial charge >= 0.3 is 0 Å². The number of allylic oxidation sites excluding steroid dienone is 1. The molecule has 54 valence electrons. The third-order valence-electron chi connectivity index (χ3n) is 1.47. The van der Waals surface area contributed by atoms with E-state index in [0.717, 1.165) is 5.88 Å². The van der Waals surface area contributed by atoms with Gasteiger partial charge in [0.15, 0.2) is 0 Å². The summed E-state index contributed by atoms with van der Waals surface area (Å²) in [7, 11) is -0.423. The lowest BCUT2D eigenvalue weighted by molar-refractivity contribution is 1.17. The molecule has 0 saturated carbocycles. The summed E-state index contributed by atoms with van der Waals surface area (Å²) in [5.74, 6) is 0.852. The first-order chi connectivity index (χ1) is 4.31. The molecule has 0 radical (unpaired) electrons. The van der Waals surface area contributed by atoms with Gasteiger partial charge in [-0.15, -0.1) is 18.2 Å². The zero-order valence-electron chi connectivity index (χ0n) is 6.07. The van der Waals surface area contributed by atoms with Gasteiger partial charge in [0.25, 0.3) is 0 Å². The summed E-state index contributed by atoms with van der Waals surface area (Å²) < 4.78 is 0. The van der Waals surface area contributed by atoms with Gasteiger partial charge in [0, 0.05) is 14.7 Å². The van der Waals surface area contributed by atoms with E-state index in [1.54, 1.807) is 0 Å². The number of rotatable bonds is 5. The maximum Gasteiger partial charge on any atom is 0.0351 e. The van der Waals surface area contributed by atoms with Gasteiger partial charge in [-0.2, -0.15) is 0 Å².